The number of thiazole rings is 1. The van der Waals surface area contributed by atoms with E-state index in [-0.39, 0.29) is 0 Å². The van der Waals surface area contributed by atoms with Crippen LogP contribution in [0.5, 0.6) is 10.9 Å². The first-order chi connectivity index (χ1) is 14.7. The predicted octanol–water partition coefficient (Wildman–Crippen LogP) is 4.72. The molecule has 5 rings (SSSR count). The Labute approximate surface area is 181 Å². The number of piperidine rings is 1. The van der Waals surface area contributed by atoms with E-state index < -0.39 is 0 Å². The Morgan fingerprint density at radius 1 is 1.03 bits per heavy atom. The molecule has 0 N–H and O–H groups in total. The molecule has 0 aliphatic carbocycles. The lowest BCUT2D eigenvalue weighted by atomic mass is 10.0. The molecule has 0 radical (unpaired) electrons. The summed E-state index contributed by atoms with van der Waals surface area (Å²) in [6, 6.07) is 16.9. The summed E-state index contributed by atoms with van der Waals surface area (Å²) in [7, 11) is 0. The van der Waals surface area contributed by atoms with Gasteiger partial charge in [-0.05, 0) is 55.5 Å². The molecule has 0 saturated carbocycles. The number of benzene rings is 2. The Kier molecular flexibility index (Phi) is 5.69. The molecule has 0 unspecified atom stereocenters. The summed E-state index contributed by atoms with van der Waals surface area (Å²) in [5.41, 5.74) is 2.30. The molecule has 5 nitrogen and oxygen atoms in total. The van der Waals surface area contributed by atoms with Gasteiger partial charge in [-0.2, -0.15) is 0 Å². The molecule has 0 atom stereocenters. The van der Waals surface area contributed by atoms with E-state index in [1.807, 2.05) is 30.3 Å². The molecule has 30 heavy (non-hydrogen) atoms. The number of carbonyl (C=O) groups is 1. The fourth-order valence-electron chi connectivity index (χ4n) is 4.52. The second kappa shape index (κ2) is 8.74. The Bertz CT molecular complexity index is 976. The highest BCUT2D eigenvalue weighted by Crippen LogP contribution is 2.31. The first-order valence-electron chi connectivity index (χ1n) is 10.9. The normalized spacial score (nSPS) is 18.4. The lowest BCUT2D eigenvalue weighted by molar-refractivity contribution is -0.130. The number of hydrogen-bond acceptors (Lipinski definition) is 5. The topological polar surface area (TPSA) is 45.7 Å². The minimum atomic E-state index is 0.363. The lowest BCUT2D eigenvalue weighted by Crippen LogP contribution is -2.45. The van der Waals surface area contributed by atoms with Gasteiger partial charge in [-0.3, -0.25) is 4.79 Å². The van der Waals surface area contributed by atoms with E-state index in [4.69, 9.17) is 4.74 Å². The molecule has 3 aromatic rings. The molecule has 0 spiro atoms. The number of carbonyl (C=O) groups excluding carboxylic acids is 1. The number of likely N-dealkylation sites (tertiary alicyclic amines) is 2. The number of rotatable bonds is 6. The Balaban J connectivity index is 1.10. The number of aromatic nitrogens is 1. The van der Waals surface area contributed by atoms with Crippen LogP contribution in [0.2, 0.25) is 0 Å². The number of amides is 1. The van der Waals surface area contributed by atoms with Gasteiger partial charge in [0, 0.05) is 38.6 Å². The van der Waals surface area contributed by atoms with Crippen molar-refractivity contribution >= 4 is 27.5 Å². The van der Waals surface area contributed by atoms with Gasteiger partial charge >= 0.3 is 0 Å². The molecule has 0 bridgehead atoms. The summed E-state index contributed by atoms with van der Waals surface area (Å²) < 4.78 is 7.09. The van der Waals surface area contributed by atoms with Crippen LogP contribution in [0.3, 0.4) is 0 Å². The van der Waals surface area contributed by atoms with Gasteiger partial charge in [-0.25, -0.2) is 4.98 Å². The van der Waals surface area contributed by atoms with Crippen LogP contribution in [0.25, 0.3) is 10.2 Å². The highest BCUT2D eigenvalue weighted by atomic mass is 32.1. The van der Waals surface area contributed by atoms with Crippen molar-refractivity contribution < 1.29 is 9.53 Å². The van der Waals surface area contributed by atoms with Gasteiger partial charge in [0.15, 0.2) is 0 Å². The summed E-state index contributed by atoms with van der Waals surface area (Å²) in [6.07, 6.45) is 5.05. The van der Waals surface area contributed by atoms with Crippen LogP contribution in [0, 0.1) is 0 Å². The van der Waals surface area contributed by atoms with Crippen LogP contribution in [0.1, 0.15) is 31.2 Å². The summed E-state index contributed by atoms with van der Waals surface area (Å²) in [5, 5.41) is 0.684. The van der Waals surface area contributed by atoms with E-state index in [0.29, 0.717) is 17.1 Å². The number of hydrogen-bond donors (Lipinski definition) is 0. The van der Waals surface area contributed by atoms with Gasteiger partial charge in [0.25, 0.3) is 5.19 Å². The summed E-state index contributed by atoms with van der Waals surface area (Å²) in [6.45, 7) is 4.22. The largest absolute Gasteiger partial charge is 0.431 e. The van der Waals surface area contributed by atoms with Crippen molar-refractivity contribution in [3.63, 3.8) is 0 Å². The maximum atomic E-state index is 12.0. The maximum absolute atomic E-state index is 12.0. The first kappa shape index (κ1) is 19.5. The number of para-hydroxylation sites is 1. The fourth-order valence-corrected chi connectivity index (χ4v) is 5.35. The molecule has 2 aliphatic heterocycles. The van der Waals surface area contributed by atoms with Crippen LogP contribution >= 0.6 is 11.3 Å². The van der Waals surface area contributed by atoms with E-state index in [0.717, 1.165) is 74.2 Å². The molecular formula is C24H27N3O2S. The average molecular weight is 422 g/mol. The van der Waals surface area contributed by atoms with Crippen molar-refractivity contribution in [1.82, 2.24) is 14.8 Å². The lowest BCUT2D eigenvalue weighted by Gasteiger charge is -2.36. The fraction of sp³-hybridized carbons (Fsp3) is 0.417. The van der Waals surface area contributed by atoms with Crippen LogP contribution in [0.4, 0.5) is 0 Å². The van der Waals surface area contributed by atoms with Crippen molar-refractivity contribution in [3.8, 4) is 10.9 Å². The molecule has 6 heteroatoms. The Hall–Kier alpha value is -2.44. The Morgan fingerprint density at radius 2 is 1.83 bits per heavy atom. The first-order valence-corrected chi connectivity index (χ1v) is 11.7. The average Bonchev–Trinajstić information content (AvgIpc) is 3.39. The predicted molar refractivity (Wildman–Crippen MR) is 120 cm³/mol. The zero-order chi connectivity index (χ0) is 20.3. The van der Waals surface area contributed by atoms with Crippen LogP contribution < -0.4 is 4.74 Å². The minimum Gasteiger partial charge on any atom is -0.431 e. The van der Waals surface area contributed by atoms with Gasteiger partial charge in [-0.15, -0.1) is 0 Å². The van der Waals surface area contributed by atoms with E-state index in [2.05, 4.69) is 33.0 Å². The second-order valence-electron chi connectivity index (χ2n) is 8.21. The van der Waals surface area contributed by atoms with Gasteiger partial charge < -0.3 is 14.5 Å². The smallest absolute Gasteiger partial charge is 0.279 e. The third kappa shape index (κ3) is 4.35. The third-order valence-corrected chi connectivity index (χ3v) is 7.14. The van der Waals surface area contributed by atoms with E-state index in [9.17, 15) is 4.79 Å². The van der Waals surface area contributed by atoms with Crippen molar-refractivity contribution in [1.29, 1.82) is 0 Å². The molecule has 2 fully saturated rings. The maximum Gasteiger partial charge on any atom is 0.279 e. The molecule has 1 aromatic heterocycles. The minimum absolute atomic E-state index is 0.363. The SMILES string of the molecule is O=C1CCCN1C1CCN(CCc2ccc(Oc3nc4ccccc4s3)cc2)CC1. The molecule has 2 aliphatic rings. The summed E-state index contributed by atoms with van der Waals surface area (Å²) in [5.74, 6) is 1.19. The number of nitrogens with zero attached hydrogens (tertiary/aromatic N) is 3. The van der Waals surface area contributed by atoms with Gasteiger partial charge in [-0.1, -0.05) is 35.6 Å². The zero-order valence-electron chi connectivity index (χ0n) is 17.1. The molecule has 2 saturated heterocycles. The third-order valence-electron chi connectivity index (χ3n) is 6.23. The molecule has 1 amide bonds. The van der Waals surface area contributed by atoms with Crippen LogP contribution in [-0.4, -0.2) is 52.9 Å². The van der Waals surface area contributed by atoms with Gasteiger partial charge in [0.1, 0.15) is 5.75 Å². The van der Waals surface area contributed by atoms with Crippen LogP contribution in [0.15, 0.2) is 48.5 Å². The molecule has 156 valence electrons. The number of fused-ring (bicyclic) bond motifs is 1. The van der Waals surface area contributed by atoms with E-state index >= 15 is 0 Å². The monoisotopic (exact) mass is 421 g/mol. The van der Waals surface area contributed by atoms with E-state index in [1.165, 1.54) is 5.56 Å². The summed E-state index contributed by atoms with van der Waals surface area (Å²) in [4.78, 5) is 21.1. The second-order valence-corrected chi connectivity index (χ2v) is 9.20. The quantitative estimate of drug-likeness (QED) is 0.578. The number of ether oxygens (including phenoxy) is 1. The van der Waals surface area contributed by atoms with Gasteiger partial charge in [0.2, 0.25) is 5.91 Å². The van der Waals surface area contributed by atoms with Crippen LogP contribution in [-0.2, 0) is 11.2 Å². The highest BCUT2D eigenvalue weighted by molar-refractivity contribution is 7.20. The van der Waals surface area contributed by atoms with Crippen molar-refractivity contribution in [2.75, 3.05) is 26.2 Å². The molecule has 2 aromatic carbocycles. The Morgan fingerprint density at radius 3 is 2.57 bits per heavy atom. The highest BCUT2D eigenvalue weighted by Gasteiger charge is 2.30. The van der Waals surface area contributed by atoms with Crippen molar-refractivity contribution in [2.45, 2.75) is 38.1 Å². The molecular weight excluding hydrogens is 394 g/mol. The molecule has 3 heterocycles. The zero-order valence-corrected chi connectivity index (χ0v) is 17.9. The van der Waals surface area contributed by atoms with Gasteiger partial charge in [0.05, 0.1) is 10.2 Å². The van der Waals surface area contributed by atoms with Crippen molar-refractivity contribution in [3.05, 3.63) is 54.1 Å². The summed E-state index contributed by atoms with van der Waals surface area (Å²) >= 11 is 1.57. The van der Waals surface area contributed by atoms with E-state index in [1.54, 1.807) is 11.3 Å². The standard InChI is InChI=1S/C24H27N3O2S/c28-23-6-3-14-27(23)19-12-16-26(17-13-19)15-11-18-7-9-20(10-8-18)29-24-25-21-4-1-2-5-22(21)30-24/h1-2,4-5,7-10,19H,3,6,11-17H2. The van der Waals surface area contributed by atoms with Crippen molar-refractivity contribution in [2.24, 2.45) is 0 Å².